The number of halogens is 1. The number of para-hydroxylation sites is 3. The highest BCUT2D eigenvalue weighted by molar-refractivity contribution is 6.25. The van der Waals surface area contributed by atoms with Gasteiger partial charge in [-0.15, -0.1) is 5.10 Å². The number of nitrogens with zero attached hydrogens (tertiary/aromatic N) is 5. The molecule has 4 atom stereocenters. The van der Waals surface area contributed by atoms with Gasteiger partial charge in [-0.05, 0) is 35.9 Å². The van der Waals surface area contributed by atoms with Crippen LogP contribution >= 0.6 is 0 Å². The number of carbonyl (C=O) groups is 3. The average Bonchev–Trinajstić information content (AvgIpc) is 3.55. The number of rotatable bonds is 2. The minimum Gasteiger partial charge on any atom is -0.351 e. The van der Waals surface area contributed by atoms with Crippen molar-refractivity contribution >= 4 is 46.2 Å². The summed E-state index contributed by atoms with van der Waals surface area (Å²) in [5, 5.41) is 8.19. The van der Waals surface area contributed by atoms with Crippen LogP contribution in [0.5, 0.6) is 0 Å². The Kier molecular flexibility index (Phi) is 4.26. The molecule has 0 radical (unpaired) electrons. The lowest BCUT2D eigenvalue weighted by Crippen LogP contribution is -2.50. The van der Waals surface area contributed by atoms with E-state index >= 15 is 0 Å². The number of imide groups is 1. The number of hydrogen-bond acceptors (Lipinski definition) is 6. The summed E-state index contributed by atoms with van der Waals surface area (Å²) in [6.45, 7) is 0. The zero-order chi connectivity index (χ0) is 24.6. The third kappa shape index (κ3) is 2.65. The van der Waals surface area contributed by atoms with Gasteiger partial charge in [0.1, 0.15) is 17.4 Å². The SMILES string of the molecule is O=C1[C@H]2[C@H](C(=O)N1c1ccccc1F)[C@@H]1C=Cc3ccccc3N1[C@@H]2C(=O)n1nnc2ccccc21. The van der Waals surface area contributed by atoms with Crippen molar-refractivity contribution in [3.63, 3.8) is 0 Å². The van der Waals surface area contributed by atoms with E-state index < -0.39 is 47.5 Å². The fourth-order valence-electron chi connectivity index (χ4n) is 5.82. The summed E-state index contributed by atoms with van der Waals surface area (Å²) in [6.07, 6.45) is 3.75. The second-order valence-electron chi connectivity index (χ2n) is 9.10. The lowest BCUT2D eigenvalue weighted by molar-refractivity contribution is -0.123. The molecule has 2 amide bonds. The van der Waals surface area contributed by atoms with Crippen molar-refractivity contribution in [2.45, 2.75) is 12.1 Å². The van der Waals surface area contributed by atoms with Crippen LogP contribution in [0.3, 0.4) is 0 Å². The maximum Gasteiger partial charge on any atom is 0.272 e. The summed E-state index contributed by atoms with van der Waals surface area (Å²) in [5.41, 5.74) is 2.57. The minimum atomic E-state index is -1.04. The van der Waals surface area contributed by atoms with Crippen molar-refractivity contribution in [1.82, 2.24) is 15.0 Å². The fourth-order valence-corrected chi connectivity index (χ4v) is 5.82. The van der Waals surface area contributed by atoms with Gasteiger partial charge in [-0.1, -0.05) is 59.8 Å². The minimum absolute atomic E-state index is 0.106. The molecular weight excluding hydrogens is 461 g/mol. The van der Waals surface area contributed by atoms with Crippen molar-refractivity contribution in [2.24, 2.45) is 11.8 Å². The molecule has 0 spiro atoms. The zero-order valence-electron chi connectivity index (χ0n) is 18.7. The highest BCUT2D eigenvalue weighted by atomic mass is 19.1. The van der Waals surface area contributed by atoms with Gasteiger partial charge in [0.05, 0.1) is 29.1 Å². The first-order valence-corrected chi connectivity index (χ1v) is 11.6. The molecule has 4 aromatic rings. The van der Waals surface area contributed by atoms with Crippen molar-refractivity contribution in [1.29, 1.82) is 0 Å². The van der Waals surface area contributed by atoms with Gasteiger partial charge in [0.15, 0.2) is 0 Å². The molecule has 1 aromatic heterocycles. The quantitative estimate of drug-likeness (QED) is 0.410. The van der Waals surface area contributed by atoms with E-state index in [1.165, 1.54) is 22.9 Å². The fraction of sp³-hybridized carbons (Fsp3) is 0.148. The van der Waals surface area contributed by atoms with Crippen molar-refractivity contribution in [3.05, 3.63) is 90.3 Å². The Morgan fingerprint density at radius 1 is 0.833 bits per heavy atom. The summed E-state index contributed by atoms with van der Waals surface area (Å²) in [7, 11) is 0. The molecule has 8 nitrogen and oxygen atoms in total. The van der Waals surface area contributed by atoms with E-state index in [0.29, 0.717) is 11.0 Å². The van der Waals surface area contributed by atoms with Gasteiger partial charge in [0, 0.05) is 5.69 Å². The van der Waals surface area contributed by atoms with Gasteiger partial charge in [0.25, 0.3) is 5.91 Å². The van der Waals surface area contributed by atoms with E-state index in [1.54, 1.807) is 30.3 Å². The molecule has 2 fully saturated rings. The van der Waals surface area contributed by atoms with E-state index in [4.69, 9.17) is 0 Å². The van der Waals surface area contributed by atoms with Crippen LogP contribution in [0, 0.1) is 17.7 Å². The van der Waals surface area contributed by atoms with Crippen molar-refractivity contribution in [3.8, 4) is 0 Å². The monoisotopic (exact) mass is 479 g/mol. The van der Waals surface area contributed by atoms with Gasteiger partial charge in [0.2, 0.25) is 11.8 Å². The molecular formula is C27H18FN5O3. The van der Waals surface area contributed by atoms with E-state index in [1.807, 2.05) is 41.3 Å². The molecule has 3 aromatic carbocycles. The third-order valence-corrected chi connectivity index (χ3v) is 7.32. The smallest absolute Gasteiger partial charge is 0.272 e. The van der Waals surface area contributed by atoms with Crippen LogP contribution in [0.4, 0.5) is 15.8 Å². The summed E-state index contributed by atoms with van der Waals surface area (Å²) in [6, 6.07) is 18.7. The molecule has 36 heavy (non-hydrogen) atoms. The molecule has 0 aliphatic carbocycles. The van der Waals surface area contributed by atoms with Crippen LogP contribution in [0.25, 0.3) is 17.1 Å². The number of aromatic nitrogens is 3. The molecule has 4 heterocycles. The van der Waals surface area contributed by atoms with Crippen LogP contribution in [0.15, 0.2) is 78.9 Å². The Hall–Kier alpha value is -4.66. The van der Waals surface area contributed by atoms with E-state index in [9.17, 15) is 18.8 Å². The van der Waals surface area contributed by atoms with Gasteiger partial charge in [-0.2, -0.15) is 4.68 Å². The second kappa shape index (κ2) is 7.42. The molecule has 176 valence electrons. The van der Waals surface area contributed by atoms with Crippen molar-refractivity contribution in [2.75, 3.05) is 9.80 Å². The number of fused-ring (bicyclic) bond motifs is 6. The maximum atomic E-state index is 14.7. The molecule has 0 saturated carbocycles. The number of benzene rings is 3. The van der Waals surface area contributed by atoms with Gasteiger partial charge in [-0.25, -0.2) is 9.29 Å². The topological polar surface area (TPSA) is 88.4 Å². The summed E-state index contributed by atoms with van der Waals surface area (Å²) >= 11 is 0. The van der Waals surface area contributed by atoms with Gasteiger partial charge >= 0.3 is 0 Å². The molecule has 9 heteroatoms. The van der Waals surface area contributed by atoms with Crippen LogP contribution < -0.4 is 9.80 Å². The first-order valence-electron chi connectivity index (χ1n) is 11.6. The van der Waals surface area contributed by atoms with Crippen LogP contribution in [-0.4, -0.2) is 44.8 Å². The van der Waals surface area contributed by atoms with Crippen LogP contribution in [-0.2, 0) is 9.59 Å². The summed E-state index contributed by atoms with van der Waals surface area (Å²) in [5.74, 6) is -4.14. The second-order valence-corrected chi connectivity index (χ2v) is 9.10. The van der Waals surface area contributed by atoms with E-state index in [0.717, 1.165) is 16.2 Å². The molecule has 0 bridgehead atoms. The lowest BCUT2D eigenvalue weighted by Gasteiger charge is -2.36. The van der Waals surface area contributed by atoms with E-state index in [-0.39, 0.29) is 5.69 Å². The Labute approximate surface area is 204 Å². The zero-order valence-corrected chi connectivity index (χ0v) is 18.7. The summed E-state index contributed by atoms with van der Waals surface area (Å²) < 4.78 is 15.9. The average molecular weight is 479 g/mol. The molecule has 3 aliphatic rings. The normalized spacial score (nSPS) is 24.2. The Morgan fingerprint density at radius 3 is 2.36 bits per heavy atom. The van der Waals surface area contributed by atoms with Gasteiger partial charge in [-0.3, -0.25) is 14.4 Å². The Balaban J connectivity index is 1.41. The van der Waals surface area contributed by atoms with Crippen molar-refractivity contribution < 1.29 is 18.8 Å². The van der Waals surface area contributed by atoms with E-state index in [2.05, 4.69) is 10.3 Å². The highest BCUT2D eigenvalue weighted by Gasteiger charge is 2.65. The number of anilines is 2. The Bertz CT molecular complexity index is 1630. The predicted octanol–water partition coefficient (Wildman–Crippen LogP) is 3.30. The predicted molar refractivity (Wildman–Crippen MR) is 130 cm³/mol. The molecule has 7 rings (SSSR count). The van der Waals surface area contributed by atoms with Crippen LogP contribution in [0.2, 0.25) is 0 Å². The largest absolute Gasteiger partial charge is 0.351 e. The van der Waals surface area contributed by atoms with Gasteiger partial charge < -0.3 is 4.90 Å². The summed E-state index contributed by atoms with van der Waals surface area (Å²) in [4.78, 5) is 44.4. The molecule has 3 aliphatic heterocycles. The molecule has 0 N–H and O–H groups in total. The third-order valence-electron chi connectivity index (χ3n) is 7.32. The first kappa shape index (κ1) is 20.7. The number of carbonyl (C=O) groups excluding carboxylic acids is 3. The lowest BCUT2D eigenvalue weighted by atomic mass is 9.88. The number of hydrogen-bond donors (Lipinski definition) is 0. The number of amides is 2. The van der Waals surface area contributed by atoms with Crippen LogP contribution in [0.1, 0.15) is 10.4 Å². The maximum absolute atomic E-state index is 14.7. The Morgan fingerprint density at radius 2 is 1.53 bits per heavy atom. The standard InChI is InChI=1S/C27H18FN5O3/c28-16-8-2-5-11-19(16)32-25(34)22-21-14-13-15-7-1-4-10-18(15)31(21)24(23(22)26(32)35)27(36)33-20-12-6-3-9-17(20)29-30-33/h1-14,21-24H/t21-,22+,23-,24-/m0/s1. The molecule has 0 unspecified atom stereocenters. The molecule has 2 saturated heterocycles. The highest BCUT2D eigenvalue weighted by Crippen LogP contribution is 2.49. The first-order chi connectivity index (χ1) is 17.6.